The van der Waals surface area contributed by atoms with Gasteiger partial charge >= 0.3 is 0 Å². The molecule has 0 spiro atoms. The number of benzene rings is 1. The van der Waals surface area contributed by atoms with Gasteiger partial charge in [-0.2, -0.15) is 0 Å². The van der Waals surface area contributed by atoms with Crippen molar-refractivity contribution < 1.29 is 9.23 Å². The number of nitrogens with zero attached hydrogens (tertiary/aromatic N) is 1. The van der Waals surface area contributed by atoms with E-state index < -0.39 is 0 Å². The van der Waals surface area contributed by atoms with Crippen molar-refractivity contribution in [3.63, 3.8) is 0 Å². The van der Waals surface area contributed by atoms with Crippen molar-refractivity contribution in [1.82, 2.24) is 0 Å². The molecule has 1 aromatic rings. The van der Waals surface area contributed by atoms with Crippen LogP contribution in [-0.4, -0.2) is 13.2 Å². The Morgan fingerprint density at radius 2 is 2.31 bits per heavy atom. The molecule has 0 saturated carbocycles. The third kappa shape index (κ3) is 1.58. The van der Waals surface area contributed by atoms with Gasteiger partial charge in [-0.15, -0.1) is 0 Å². The van der Waals surface area contributed by atoms with Crippen LogP contribution in [0.4, 0.5) is 15.8 Å². The van der Waals surface area contributed by atoms with E-state index in [9.17, 15) is 4.39 Å². The summed E-state index contributed by atoms with van der Waals surface area (Å²) in [5.41, 5.74) is 6.32. The van der Waals surface area contributed by atoms with Gasteiger partial charge in [0.1, 0.15) is 0 Å². The normalized spacial score (nSPS) is 16.5. The number of hydrogen-bond donors (Lipinski definition) is 1. The summed E-state index contributed by atoms with van der Waals surface area (Å²) in [6.45, 7) is 1.39. The quantitative estimate of drug-likeness (QED) is 0.670. The molecule has 1 fully saturated rings. The van der Waals surface area contributed by atoms with Crippen LogP contribution in [0.3, 0.4) is 0 Å². The molecule has 1 aliphatic rings. The van der Waals surface area contributed by atoms with Gasteiger partial charge in [0.25, 0.3) is 0 Å². The fourth-order valence-corrected chi connectivity index (χ4v) is 1.36. The van der Waals surface area contributed by atoms with Crippen LogP contribution in [0.1, 0.15) is 6.42 Å². The standard InChI is InChI=1S/C9H11FN2O/c10-8-6-7(11)2-3-9(8)12-4-1-5-13-12/h2-3,6H,1,4-5,11H2. The van der Waals surface area contributed by atoms with Gasteiger partial charge in [0.2, 0.25) is 0 Å². The lowest BCUT2D eigenvalue weighted by atomic mass is 10.2. The average Bonchev–Trinajstić information content (AvgIpc) is 2.56. The van der Waals surface area contributed by atoms with Gasteiger partial charge in [-0.25, -0.2) is 4.39 Å². The highest BCUT2D eigenvalue weighted by molar-refractivity contribution is 5.53. The van der Waals surface area contributed by atoms with E-state index in [4.69, 9.17) is 10.6 Å². The topological polar surface area (TPSA) is 38.5 Å². The number of nitrogen functional groups attached to an aromatic ring is 1. The molecule has 4 heteroatoms. The van der Waals surface area contributed by atoms with Crippen molar-refractivity contribution in [2.75, 3.05) is 23.9 Å². The molecule has 0 amide bonds. The number of anilines is 2. The lowest BCUT2D eigenvalue weighted by Crippen LogP contribution is -2.17. The molecule has 1 aromatic carbocycles. The molecule has 3 nitrogen and oxygen atoms in total. The van der Waals surface area contributed by atoms with E-state index in [0.717, 1.165) is 13.0 Å². The van der Waals surface area contributed by atoms with Crippen molar-refractivity contribution in [3.8, 4) is 0 Å². The Bertz CT molecular complexity index is 310. The van der Waals surface area contributed by atoms with Gasteiger partial charge in [0.15, 0.2) is 5.82 Å². The lowest BCUT2D eigenvalue weighted by Gasteiger charge is -2.16. The fourth-order valence-electron chi connectivity index (χ4n) is 1.36. The molecule has 0 atom stereocenters. The highest BCUT2D eigenvalue weighted by Gasteiger charge is 2.16. The summed E-state index contributed by atoms with van der Waals surface area (Å²) in [6, 6.07) is 4.60. The van der Waals surface area contributed by atoms with E-state index in [1.807, 2.05) is 0 Å². The maximum atomic E-state index is 13.3. The van der Waals surface area contributed by atoms with Gasteiger partial charge in [-0.3, -0.25) is 9.90 Å². The van der Waals surface area contributed by atoms with Crippen molar-refractivity contribution >= 4 is 11.4 Å². The van der Waals surface area contributed by atoms with E-state index in [0.29, 0.717) is 18.0 Å². The second kappa shape index (κ2) is 3.22. The first-order chi connectivity index (χ1) is 6.27. The van der Waals surface area contributed by atoms with Crippen LogP contribution in [0.25, 0.3) is 0 Å². The van der Waals surface area contributed by atoms with Crippen LogP contribution in [0.2, 0.25) is 0 Å². The largest absolute Gasteiger partial charge is 0.399 e. The zero-order valence-corrected chi connectivity index (χ0v) is 7.16. The monoisotopic (exact) mass is 182 g/mol. The second-order valence-electron chi connectivity index (χ2n) is 3.00. The van der Waals surface area contributed by atoms with E-state index in [1.54, 1.807) is 17.2 Å². The zero-order valence-electron chi connectivity index (χ0n) is 7.16. The van der Waals surface area contributed by atoms with Gasteiger partial charge in [0, 0.05) is 12.2 Å². The minimum Gasteiger partial charge on any atom is -0.399 e. The maximum Gasteiger partial charge on any atom is 0.150 e. The van der Waals surface area contributed by atoms with E-state index >= 15 is 0 Å². The Kier molecular flexibility index (Phi) is 2.06. The Hall–Kier alpha value is -1.29. The highest BCUT2D eigenvalue weighted by atomic mass is 19.1. The van der Waals surface area contributed by atoms with Crippen LogP contribution in [0.5, 0.6) is 0 Å². The molecule has 0 radical (unpaired) electrons. The van der Waals surface area contributed by atoms with Gasteiger partial charge in [-0.1, -0.05) is 0 Å². The Balaban J connectivity index is 2.29. The number of hydroxylamine groups is 1. The minimum absolute atomic E-state index is 0.332. The summed E-state index contributed by atoms with van der Waals surface area (Å²) in [6.07, 6.45) is 0.934. The molecule has 2 N–H and O–H groups in total. The van der Waals surface area contributed by atoms with E-state index in [1.165, 1.54) is 6.07 Å². The Morgan fingerprint density at radius 3 is 2.92 bits per heavy atom. The molecule has 1 heterocycles. The maximum absolute atomic E-state index is 13.3. The van der Waals surface area contributed by atoms with Crippen LogP contribution >= 0.6 is 0 Å². The summed E-state index contributed by atoms with van der Waals surface area (Å²) >= 11 is 0. The smallest absolute Gasteiger partial charge is 0.150 e. The predicted molar refractivity (Wildman–Crippen MR) is 48.7 cm³/mol. The third-order valence-corrected chi connectivity index (χ3v) is 1.99. The molecule has 13 heavy (non-hydrogen) atoms. The van der Waals surface area contributed by atoms with Crippen LogP contribution in [0, 0.1) is 5.82 Å². The summed E-state index contributed by atoms with van der Waals surface area (Å²) in [5, 5.41) is 1.56. The van der Waals surface area contributed by atoms with E-state index in [-0.39, 0.29) is 5.82 Å². The molecular formula is C9H11FN2O. The summed E-state index contributed by atoms with van der Waals surface area (Å²) < 4.78 is 13.3. The molecule has 0 bridgehead atoms. The number of halogens is 1. The van der Waals surface area contributed by atoms with Crippen molar-refractivity contribution in [3.05, 3.63) is 24.0 Å². The Labute approximate surface area is 75.9 Å². The second-order valence-corrected chi connectivity index (χ2v) is 3.00. The fraction of sp³-hybridized carbons (Fsp3) is 0.333. The number of hydrogen-bond acceptors (Lipinski definition) is 3. The predicted octanol–water partition coefficient (Wildman–Crippen LogP) is 1.55. The molecule has 0 aliphatic carbocycles. The van der Waals surface area contributed by atoms with Crippen LogP contribution in [0.15, 0.2) is 18.2 Å². The Morgan fingerprint density at radius 1 is 1.46 bits per heavy atom. The first-order valence-electron chi connectivity index (χ1n) is 4.23. The SMILES string of the molecule is Nc1ccc(N2CCCO2)c(F)c1. The first-order valence-corrected chi connectivity index (χ1v) is 4.23. The first kappa shape index (κ1) is 8.31. The van der Waals surface area contributed by atoms with Gasteiger partial charge in [0.05, 0.1) is 12.3 Å². The van der Waals surface area contributed by atoms with Gasteiger partial charge in [-0.05, 0) is 24.6 Å². The molecule has 2 rings (SSSR count). The number of nitrogens with two attached hydrogens (primary N) is 1. The van der Waals surface area contributed by atoms with Crippen molar-refractivity contribution in [2.24, 2.45) is 0 Å². The molecule has 1 aliphatic heterocycles. The minimum atomic E-state index is -0.332. The summed E-state index contributed by atoms with van der Waals surface area (Å²) in [5.74, 6) is -0.332. The number of rotatable bonds is 1. The molecule has 0 unspecified atom stereocenters. The van der Waals surface area contributed by atoms with Crippen molar-refractivity contribution in [2.45, 2.75) is 6.42 Å². The molecule has 0 aromatic heterocycles. The van der Waals surface area contributed by atoms with Crippen LogP contribution < -0.4 is 10.8 Å². The van der Waals surface area contributed by atoms with Crippen LogP contribution in [-0.2, 0) is 4.84 Å². The lowest BCUT2D eigenvalue weighted by molar-refractivity contribution is 0.166. The summed E-state index contributed by atoms with van der Waals surface area (Å²) in [7, 11) is 0. The molecule has 70 valence electrons. The van der Waals surface area contributed by atoms with E-state index in [2.05, 4.69) is 0 Å². The zero-order chi connectivity index (χ0) is 9.26. The average molecular weight is 182 g/mol. The summed E-state index contributed by atoms with van der Waals surface area (Å²) in [4.78, 5) is 5.21. The molecule has 1 saturated heterocycles. The third-order valence-electron chi connectivity index (χ3n) is 1.99. The van der Waals surface area contributed by atoms with Crippen molar-refractivity contribution in [1.29, 1.82) is 0 Å². The van der Waals surface area contributed by atoms with Gasteiger partial charge < -0.3 is 5.73 Å². The molecular weight excluding hydrogens is 171 g/mol. The highest BCUT2D eigenvalue weighted by Crippen LogP contribution is 2.24.